The molecule has 202 valence electrons. The van der Waals surface area contributed by atoms with Crippen molar-refractivity contribution in [3.05, 3.63) is 74.6 Å². The lowest BCUT2D eigenvalue weighted by Crippen LogP contribution is -2.32. The Morgan fingerprint density at radius 2 is 1.97 bits per heavy atom. The Bertz CT molecular complexity index is 1690. The van der Waals surface area contributed by atoms with E-state index in [9.17, 15) is 19.5 Å². The molecule has 1 atom stereocenters. The Morgan fingerprint density at radius 3 is 2.74 bits per heavy atom. The van der Waals surface area contributed by atoms with Crippen LogP contribution in [0.3, 0.4) is 0 Å². The van der Waals surface area contributed by atoms with Gasteiger partial charge in [-0.15, -0.1) is 0 Å². The average molecular weight is 531 g/mol. The molecule has 0 aliphatic carbocycles. The first-order valence-corrected chi connectivity index (χ1v) is 12.9. The van der Waals surface area contributed by atoms with Crippen LogP contribution in [0.15, 0.2) is 41.2 Å². The summed E-state index contributed by atoms with van der Waals surface area (Å²) in [5.74, 6) is -1.04. The SMILES string of the molecule is CC.Cc1c2c(nc3ccc4ccc(COCNC(=O)CN)cc4c13)-c1cc3c(c(=O)n1C2)COC(=O)C3O. The molecule has 0 fully saturated rings. The van der Waals surface area contributed by atoms with E-state index in [2.05, 4.69) is 11.4 Å². The van der Waals surface area contributed by atoms with Crippen molar-refractivity contribution < 1.29 is 24.2 Å². The Morgan fingerprint density at radius 1 is 1.21 bits per heavy atom. The van der Waals surface area contributed by atoms with Gasteiger partial charge in [0.1, 0.15) is 13.3 Å². The molecular weight excluding hydrogens is 500 g/mol. The third-order valence-electron chi connectivity index (χ3n) is 7.11. The molecule has 0 saturated carbocycles. The fourth-order valence-corrected chi connectivity index (χ4v) is 5.18. The number of esters is 1. The molecule has 6 rings (SSSR count). The van der Waals surface area contributed by atoms with E-state index in [1.165, 1.54) is 0 Å². The number of rotatable bonds is 5. The normalized spacial score (nSPS) is 15.2. The third kappa shape index (κ3) is 4.46. The molecule has 2 aromatic heterocycles. The van der Waals surface area contributed by atoms with Crippen molar-refractivity contribution >= 4 is 33.6 Å². The van der Waals surface area contributed by atoms with Gasteiger partial charge in [0, 0.05) is 16.5 Å². The molecule has 1 amide bonds. The molecule has 2 aliphatic heterocycles. The highest BCUT2D eigenvalue weighted by molar-refractivity contribution is 6.09. The van der Waals surface area contributed by atoms with Gasteiger partial charge in [-0.1, -0.05) is 32.0 Å². The zero-order valence-corrected chi connectivity index (χ0v) is 22.0. The molecule has 10 heteroatoms. The van der Waals surface area contributed by atoms with Crippen LogP contribution in [-0.2, 0) is 38.8 Å². The number of carbonyl (C=O) groups excluding carboxylic acids is 2. The number of amides is 1. The minimum atomic E-state index is -1.49. The summed E-state index contributed by atoms with van der Waals surface area (Å²) in [5, 5.41) is 16.0. The molecule has 0 radical (unpaired) electrons. The highest BCUT2D eigenvalue weighted by Crippen LogP contribution is 2.39. The number of hydrogen-bond acceptors (Lipinski definition) is 8. The van der Waals surface area contributed by atoms with Crippen molar-refractivity contribution in [1.29, 1.82) is 0 Å². The van der Waals surface area contributed by atoms with E-state index in [-0.39, 0.29) is 36.9 Å². The summed E-state index contributed by atoms with van der Waals surface area (Å²) in [6.45, 7) is 6.50. The highest BCUT2D eigenvalue weighted by Gasteiger charge is 2.34. The number of hydrogen-bond donors (Lipinski definition) is 3. The quantitative estimate of drug-likeness (QED) is 0.136. The summed E-state index contributed by atoms with van der Waals surface area (Å²) in [7, 11) is 0. The van der Waals surface area contributed by atoms with Gasteiger partial charge in [-0.2, -0.15) is 0 Å². The van der Waals surface area contributed by atoms with Crippen molar-refractivity contribution in [2.45, 2.75) is 46.6 Å². The second-order valence-corrected chi connectivity index (χ2v) is 9.24. The molecule has 4 heterocycles. The summed E-state index contributed by atoms with van der Waals surface area (Å²) in [6, 6.07) is 11.7. The van der Waals surface area contributed by atoms with E-state index in [1.54, 1.807) is 10.6 Å². The number of fused-ring (bicyclic) bond motifs is 7. The van der Waals surface area contributed by atoms with Gasteiger partial charge in [-0.25, -0.2) is 9.78 Å². The summed E-state index contributed by atoms with van der Waals surface area (Å²) in [6.07, 6.45) is -1.49. The Balaban J connectivity index is 0.00000151. The van der Waals surface area contributed by atoms with E-state index < -0.39 is 12.1 Å². The number of aliphatic hydroxyl groups excluding tert-OH is 1. The number of aromatic nitrogens is 2. The zero-order valence-electron chi connectivity index (χ0n) is 22.0. The van der Waals surface area contributed by atoms with Gasteiger partial charge in [-0.3, -0.25) is 9.59 Å². The maximum absolute atomic E-state index is 13.3. The largest absolute Gasteiger partial charge is 0.458 e. The standard InChI is InChI=1S/C27H24N4O6.C2H6/c1-13-18-9-31-21(7-17-19(26(31)34)11-37-27(35)25(17)33)24(18)30-20-5-4-15-3-2-14(6-16(15)23(13)20)10-36-12-29-22(32)8-28;1-2/h2-7,25,33H,8-12,28H2,1H3,(H,29,32);1-2H3. The predicted molar refractivity (Wildman–Crippen MR) is 146 cm³/mol. The molecule has 2 aromatic carbocycles. The van der Waals surface area contributed by atoms with Crippen LogP contribution in [0, 0.1) is 6.92 Å². The second kappa shape index (κ2) is 10.6. The Kier molecular flexibility index (Phi) is 7.17. The lowest BCUT2D eigenvalue weighted by atomic mass is 9.95. The van der Waals surface area contributed by atoms with Crippen molar-refractivity contribution in [1.82, 2.24) is 14.9 Å². The molecule has 0 saturated heterocycles. The van der Waals surface area contributed by atoms with E-state index in [0.717, 1.165) is 38.4 Å². The molecule has 1 unspecified atom stereocenters. The summed E-state index contributed by atoms with van der Waals surface area (Å²) >= 11 is 0. The maximum Gasteiger partial charge on any atom is 0.340 e. The predicted octanol–water partition coefficient (Wildman–Crippen LogP) is 2.55. The maximum atomic E-state index is 13.3. The van der Waals surface area contributed by atoms with Crippen LogP contribution < -0.4 is 16.6 Å². The number of aryl methyl sites for hydroxylation is 1. The van der Waals surface area contributed by atoms with Gasteiger partial charge in [0.2, 0.25) is 5.91 Å². The first-order chi connectivity index (χ1) is 18.9. The fourth-order valence-electron chi connectivity index (χ4n) is 5.18. The number of aliphatic hydroxyl groups is 1. The number of ether oxygens (including phenoxy) is 2. The lowest BCUT2D eigenvalue weighted by Gasteiger charge is -2.21. The number of cyclic esters (lactones) is 1. The minimum absolute atomic E-state index is 0.0695. The number of pyridine rings is 2. The van der Waals surface area contributed by atoms with E-state index in [1.807, 2.05) is 45.0 Å². The van der Waals surface area contributed by atoms with Crippen molar-refractivity contribution in [3.63, 3.8) is 0 Å². The van der Waals surface area contributed by atoms with Gasteiger partial charge in [-0.05, 0) is 47.0 Å². The molecule has 0 spiro atoms. The first kappa shape index (κ1) is 26.5. The topological polar surface area (TPSA) is 146 Å². The number of nitrogens with two attached hydrogens (primary N) is 1. The molecule has 2 aliphatic rings. The first-order valence-electron chi connectivity index (χ1n) is 12.9. The third-order valence-corrected chi connectivity index (χ3v) is 7.11. The summed E-state index contributed by atoms with van der Waals surface area (Å²) in [5.41, 5.74) is 10.5. The molecule has 0 bridgehead atoms. The molecule has 39 heavy (non-hydrogen) atoms. The van der Waals surface area contributed by atoms with Crippen molar-refractivity contribution in [3.8, 4) is 11.4 Å². The minimum Gasteiger partial charge on any atom is -0.458 e. The van der Waals surface area contributed by atoms with Crippen LogP contribution in [0.25, 0.3) is 33.1 Å². The molecule has 4 N–H and O–H groups in total. The number of nitrogens with zero attached hydrogens (tertiary/aromatic N) is 2. The van der Waals surface area contributed by atoms with Crippen LogP contribution in [0.1, 0.15) is 47.8 Å². The molecular formula is C29H30N4O6. The van der Waals surface area contributed by atoms with Crippen LogP contribution in [0.4, 0.5) is 0 Å². The van der Waals surface area contributed by atoms with Gasteiger partial charge in [0.15, 0.2) is 6.10 Å². The number of nitrogens with one attached hydrogen (secondary N) is 1. The number of carbonyl (C=O) groups is 2. The van der Waals surface area contributed by atoms with Crippen LogP contribution in [-0.4, -0.2) is 39.8 Å². The highest BCUT2D eigenvalue weighted by atomic mass is 16.5. The van der Waals surface area contributed by atoms with Gasteiger partial charge >= 0.3 is 5.97 Å². The van der Waals surface area contributed by atoms with Crippen LogP contribution in [0.2, 0.25) is 0 Å². The van der Waals surface area contributed by atoms with Crippen LogP contribution in [0.5, 0.6) is 0 Å². The van der Waals surface area contributed by atoms with Gasteiger partial charge in [0.05, 0.1) is 42.2 Å². The summed E-state index contributed by atoms with van der Waals surface area (Å²) in [4.78, 5) is 41.4. The van der Waals surface area contributed by atoms with Crippen molar-refractivity contribution in [2.24, 2.45) is 5.73 Å². The molecule has 10 nitrogen and oxygen atoms in total. The van der Waals surface area contributed by atoms with Crippen LogP contribution >= 0.6 is 0 Å². The lowest BCUT2D eigenvalue weighted by molar-refractivity contribution is -0.157. The summed E-state index contributed by atoms with van der Waals surface area (Å²) < 4.78 is 12.2. The average Bonchev–Trinajstić information content (AvgIpc) is 3.33. The zero-order chi connectivity index (χ0) is 27.8. The number of benzene rings is 2. The van der Waals surface area contributed by atoms with Gasteiger partial charge in [0.25, 0.3) is 5.56 Å². The monoisotopic (exact) mass is 530 g/mol. The van der Waals surface area contributed by atoms with E-state index in [4.69, 9.17) is 20.2 Å². The Labute approximate surface area is 224 Å². The molecule has 4 aromatic rings. The Hall–Kier alpha value is -4.12. The van der Waals surface area contributed by atoms with E-state index in [0.29, 0.717) is 30.1 Å². The fraction of sp³-hybridized carbons (Fsp3) is 0.310. The smallest absolute Gasteiger partial charge is 0.340 e. The van der Waals surface area contributed by atoms with Crippen molar-refractivity contribution in [2.75, 3.05) is 13.3 Å². The second-order valence-electron chi connectivity index (χ2n) is 9.24. The van der Waals surface area contributed by atoms with E-state index >= 15 is 0 Å². The van der Waals surface area contributed by atoms with Gasteiger partial charge < -0.3 is 30.2 Å².